The van der Waals surface area contributed by atoms with Crippen LogP contribution in [-0.2, 0) is 13.6 Å². The Labute approximate surface area is 108 Å². The van der Waals surface area contributed by atoms with Gasteiger partial charge in [0.25, 0.3) is 0 Å². The molecular formula is C14H19N3O. The van der Waals surface area contributed by atoms with Crippen molar-refractivity contribution in [2.75, 3.05) is 11.9 Å². The number of benzene rings is 1. The van der Waals surface area contributed by atoms with Crippen molar-refractivity contribution in [3.05, 3.63) is 42.2 Å². The number of nitrogens with zero attached hydrogens (tertiary/aromatic N) is 2. The SMILES string of the molecule is CCCOc1ccc(NCc2cnn(C)c2)cc1. The highest BCUT2D eigenvalue weighted by atomic mass is 16.5. The van der Waals surface area contributed by atoms with Crippen LogP contribution in [0, 0.1) is 0 Å². The van der Waals surface area contributed by atoms with Gasteiger partial charge in [-0.2, -0.15) is 5.10 Å². The highest BCUT2D eigenvalue weighted by molar-refractivity contribution is 5.46. The van der Waals surface area contributed by atoms with E-state index in [0.29, 0.717) is 0 Å². The Morgan fingerprint density at radius 2 is 2.06 bits per heavy atom. The summed E-state index contributed by atoms with van der Waals surface area (Å²) in [6.07, 6.45) is 4.90. The molecule has 0 saturated carbocycles. The fourth-order valence-electron chi connectivity index (χ4n) is 1.66. The number of anilines is 1. The zero-order chi connectivity index (χ0) is 12.8. The van der Waals surface area contributed by atoms with Gasteiger partial charge in [0.1, 0.15) is 5.75 Å². The van der Waals surface area contributed by atoms with Gasteiger partial charge in [-0.05, 0) is 30.7 Å². The first-order valence-corrected chi connectivity index (χ1v) is 6.22. The number of aromatic nitrogens is 2. The summed E-state index contributed by atoms with van der Waals surface area (Å²) in [6.45, 7) is 3.65. The van der Waals surface area contributed by atoms with Crippen LogP contribution in [0.1, 0.15) is 18.9 Å². The van der Waals surface area contributed by atoms with Crippen LogP contribution in [0.15, 0.2) is 36.7 Å². The Bertz CT molecular complexity index is 476. The zero-order valence-electron chi connectivity index (χ0n) is 10.9. The first-order chi connectivity index (χ1) is 8.78. The number of hydrogen-bond acceptors (Lipinski definition) is 3. The van der Waals surface area contributed by atoms with Gasteiger partial charge in [-0.15, -0.1) is 0 Å². The third-order valence-electron chi connectivity index (χ3n) is 2.58. The molecule has 0 unspecified atom stereocenters. The van der Waals surface area contributed by atoms with Gasteiger partial charge in [0.2, 0.25) is 0 Å². The van der Waals surface area contributed by atoms with E-state index in [9.17, 15) is 0 Å². The molecule has 18 heavy (non-hydrogen) atoms. The van der Waals surface area contributed by atoms with Gasteiger partial charge >= 0.3 is 0 Å². The largest absolute Gasteiger partial charge is 0.494 e. The van der Waals surface area contributed by atoms with Gasteiger partial charge in [0, 0.05) is 31.0 Å². The molecule has 1 N–H and O–H groups in total. The molecule has 0 radical (unpaired) electrons. The third-order valence-corrected chi connectivity index (χ3v) is 2.58. The van der Waals surface area contributed by atoms with Crippen LogP contribution < -0.4 is 10.1 Å². The van der Waals surface area contributed by atoms with Gasteiger partial charge in [-0.3, -0.25) is 4.68 Å². The normalized spacial score (nSPS) is 10.3. The molecule has 2 rings (SSSR count). The summed E-state index contributed by atoms with van der Waals surface area (Å²) >= 11 is 0. The maximum absolute atomic E-state index is 5.54. The van der Waals surface area contributed by atoms with Crippen LogP contribution in [0.4, 0.5) is 5.69 Å². The average molecular weight is 245 g/mol. The van der Waals surface area contributed by atoms with E-state index in [2.05, 4.69) is 17.3 Å². The molecule has 96 valence electrons. The summed E-state index contributed by atoms with van der Waals surface area (Å²) < 4.78 is 7.34. The van der Waals surface area contributed by atoms with E-state index < -0.39 is 0 Å². The maximum atomic E-state index is 5.54. The van der Waals surface area contributed by atoms with Crippen molar-refractivity contribution >= 4 is 5.69 Å². The minimum Gasteiger partial charge on any atom is -0.494 e. The summed E-state index contributed by atoms with van der Waals surface area (Å²) in [5, 5.41) is 7.48. The molecular weight excluding hydrogens is 226 g/mol. The van der Waals surface area contributed by atoms with Crippen molar-refractivity contribution in [1.82, 2.24) is 9.78 Å². The molecule has 1 heterocycles. The minimum absolute atomic E-state index is 0.766. The number of hydrogen-bond donors (Lipinski definition) is 1. The van der Waals surface area contributed by atoms with Crippen molar-refractivity contribution < 1.29 is 4.74 Å². The summed E-state index contributed by atoms with van der Waals surface area (Å²) in [5.74, 6) is 0.920. The van der Waals surface area contributed by atoms with Gasteiger partial charge in [0.05, 0.1) is 12.8 Å². The highest BCUT2D eigenvalue weighted by Crippen LogP contribution is 2.16. The van der Waals surface area contributed by atoms with E-state index in [4.69, 9.17) is 4.74 Å². The Hall–Kier alpha value is -1.97. The molecule has 4 heteroatoms. The molecule has 0 aliphatic heterocycles. The van der Waals surface area contributed by atoms with E-state index in [1.165, 1.54) is 5.56 Å². The molecule has 1 aromatic carbocycles. The second kappa shape index (κ2) is 6.10. The van der Waals surface area contributed by atoms with Crippen molar-refractivity contribution in [3.8, 4) is 5.75 Å². The molecule has 4 nitrogen and oxygen atoms in total. The quantitative estimate of drug-likeness (QED) is 0.850. The van der Waals surface area contributed by atoms with Crippen LogP contribution >= 0.6 is 0 Å². The van der Waals surface area contributed by atoms with E-state index in [1.807, 2.05) is 43.7 Å². The first-order valence-electron chi connectivity index (χ1n) is 6.22. The highest BCUT2D eigenvalue weighted by Gasteiger charge is 1.97. The molecule has 1 aromatic heterocycles. The second-order valence-electron chi connectivity index (χ2n) is 4.25. The lowest BCUT2D eigenvalue weighted by Gasteiger charge is -2.07. The van der Waals surface area contributed by atoms with Crippen molar-refractivity contribution in [1.29, 1.82) is 0 Å². The Balaban J connectivity index is 1.86. The number of aryl methyl sites for hydroxylation is 1. The summed E-state index contributed by atoms with van der Waals surface area (Å²) in [4.78, 5) is 0. The van der Waals surface area contributed by atoms with Crippen molar-refractivity contribution in [2.24, 2.45) is 7.05 Å². The van der Waals surface area contributed by atoms with Crippen molar-refractivity contribution in [2.45, 2.75) is 19.9 Å². The van der Waals surface area contributed by atoms with E-state index in [-0.39, 0.29) is 0 Å². The number of ether oxygens (including phenoxy) is 1. The molecule has 0 spiro atoms. The molecule has 0 amide bonds. The number of nitrogens with one attached hydrogen (secondary N) is 1. The summed E-state index contributed by atoms with van der Waals surface area (Å²) in [5.41, 5.74) is 2.26. The third kappa shape index (κ3) is 3.52. The fourth-order valence-corrected chi connectivity index (χ4v) is 1.66. The van der Waals surface area contributed by atoms with Gasteiger partial charge in [-0.1, -0.05) is 6.92 Å². The molecule has 0 aliphatic rings. The lowest BCUT2D eigenvalue weighted by Crippen LogP contribution is -1.99. The smallest absolute Gasteiger partial charge is 0.119 e. The lowest BCUT2D eigenvalue weighted by atomic mass is 10.3. The van der Waals surface area contributed by atoms with Crippen LogP contribution in [0.2, 0.25) is 0 Å². The Morgan fingerprint density at radius 1 is 1.28 bits per heavy atom. The van der Waals surface area contributed by atoms with Crippen LogP contribution in [0.5, 0.6) is 5.75 Å². The van der Waals surface area contributed by atoms with E-state index in [1.54, 1.807) is 4.68 Å². The standard InChI is InChI=1S/C14H19N3O/c1-3-8-18-14-6-4-13(5-7-14)15-9-12-10-16-17(2)11-12/h4-7,10-11,15H,3,8-9H2,1-2H3. The average Bonchev–Trinajstić information content (AvgIpc) is 2.81. The lowest BCUT2D eigenvalue weighted by molar-refractivity contribution is 0.317. The van der Waals surface area contributed by atoms with Gasteiger partial charge in [-0.25, -0.2) is 0 Å². The fraction of sp³-hybridized carbons (Fsp3) is 0.357. The predicted octanol–water partition coefficient (Wildman–Crippen LogP) is 2.82. The van der Waals surface area contributed by atoms with Gasteiger partial charge in [0.15, 0.2) is 0 Å². The molecule has 0 aliphatic carbocycles. The number of rotatable bonds is 6. The topological polar surface area (TPSA) is 39.1 Å². The van der Waals surface area contributed by atoms with Crippen LogP contribution in [0.25, 0.3) is 0 Å². The van der Waals surface area contributed by atoms with E-state index in [0.717, 1.165) is 31.0 Å². The van der Waals surface area contributed by atoms with Crippen molar-refractivity contribution in [3.63, 3.8) is 0 Å². The Kier molecular flexibility index (Phi) is 4.23. The minimum atomic E-state index is 0.766. The summed E-state index contributed by atoms with van der Waals surface area (Å²) in [7, 11) is 1.92. The molecule has 2 aromatic rings. The van der Waals surface area contributed by atoms with Crippen LogP contribution in [-0.4, -0.2) is 16.4 Å². The molecule has 0 fully saturated rings. The van der Waals surface area contributed by atoms with E-state index >= 15 is 0 Å². The summed E-state index contributed by atoms with van der Waals surface area (Å²) in [6, 6.07) is 8.03. The molecule has 0 saturated heterocycles. The maximum Gasteiger partial charge on any atom is 0.119 e. The van der Waals surface area contributed by atoms with Gasteiger partial charge < -0.3 is 10.1 Å². The predicted molar refractivity (Wildman–Crippen MR) is 72.8 cm³/mol. The molecule has 0 bridgehead atoms. The molecule has 0 atom stereocenters. The monoisotopic (exact) mass is 245 g/mol. The Morgan fingerprint density at radius 3 is 2.67 bits per heavy atom. The first kappa shape index (κ1) is 12.5. The second-order valence-corrected chi connectivity index (χ2v) is 4.25. The zero-order valence-corrected chi connectivity index (χ0v) is 10.9. The van der Waals surface area contributed by atoms with Crippen LogP contribution in [0.3, 0.4) is 0 Å².